The summed E-state index contributed by atoms with van der Waals surface area (Å²) in [5.74, 6) is -3.02. The molecule has 1 aromatic carbocycles. The lowest BCUT2D eigenvalue weighted by Gasteiger charge is -2.27. The number of benzene rings is 1. The smallest absolute Gasteiger partial charge is 0.395 e. The topological polar surface area (TPSA) is 77.8 Å². The number of fused-ring (bicyclic) bond motifs is 3. The Kier molecular flexibility index (Phi) is 6.22. The number of alkyl halides is 3. The second-order valence-electron chi connectivity index (χ2n) is 8.79. The van der Waals surface area contributed by atoms with Crippen molar-refractivity contribution in [3.8, 4) is 16.9 Å². The van der Waals surface area contributed by atoms with Gasteiger partial charge in [0.15, 0.2) is 0 Å². The Labute approximate surface area is 192 Å². The molecule has 4 rings (SSSR count). The van der Waals surface area contributed by atoms with Crippen molar-refractivity contribution in [3.63, 3.8) is 0 Å². The van der Waals surface area contributed by atoms with E-state index >= 15 is 0 Å². The van der Waals surface area contributed by atoms with Crippen molar-refractivity contribution in [1.29, 1.82) is 0 Å². The quantitative estimate of drug-likeness (QED) is 0.632. The van der Waals surface area contributed by atoms with Gasteiger partial charge in [0.25, 0.3) is 5.56 Å². The fourth-order valence-corrected chi connectivity index (χ4v) is 4.09. The normalized spacial score (nSPS) is 20.0. The molecule has 0 amide bonds. The predicted octanol–water partition coefficient (Wildman–Crippen LogP) is 4.87. The summed E-state index contributed by atoms with van der Waals surface area (Å²) in [7, 11) is 0. The lowest BCUT2D eigenvalue weighted by Crippen LogP contribution is -2.33. The van der Waals surface area contributed by atoms with Crippen LogP contribution in [0.2, 0.25) is 5.02 Å². The molecule has 0 bridgehead atoms. The summed E-state index contributed by atoms with van der Waals surface area (Å²) in [4.78, 5) is 24.8. The zero-order chi connectivity index (χ0) is 24.0. The van der Waals surface area contributed by atoms with Crippen LogP contribution in [0, 0.1) is 5.92 Å². The molecule has 0 spiro atoms. The van der Waals surface area contributed by atoms with Gasteiger partial charge in [-0.05, 0) is 49.4 Å². The molecule has 1 N–H and O–H groups in total. The third kappa shape index (κ3) is 5.19. The van der Waals surface area contributed by atoms with Gasteiger partial charge in [0.1, 0.15) is 18.4 Å². The maximum Gasteiger partial charge on any atom is 0.395 e. The van der Waals surface area contributed by atoms with Crippen LogP contribution in [0.25, 0.3) is 11.1 Å². The molecule has 1 saturated carbocycles. The highest BCUT2D eigenvalue weighted by molar-refractivity contribution is 6.30. The molecule has 10 heteroatoms. The number of carboxylic acid groups (broad SMARTS) is 1. The molecule has 1 aromatic heterocycles. The second kappa shape index (κ2) is 8.68. The molecule has 2 unspecified atom stereocenters. The third-order valence-electron chi connectivity index (χ3n) is 6.19. The molecule has 0 radical (unpaired) electrons. The monoisotopic (exact) mass is 485 g/mol. The zero-order valence-corrected chi connectivity index (χ0v) is 18.6. The van der Waals surface area contributed by atoms with E-state index in [1.807, 2.05) is 6.92 Å². The van der Waals surface area contributed by atoms with Gasteiger partial charge in [-0.15, -0.1) is 0 Å². The van der Waals surface area contributed by atoms with Gasteiger partial charge in [-0.2, -0.15) is 13.2 Å². The number of aliphatic carboxylic acids is 1. The van der Waals surface area contributed by atoms with E-state index in [1.54, 1.807) is 0 Å². The van der Waals surface area contributed by atoms with E-state index < -0.39 is 36.3 Å². The Morgan fingerprint density at radius 3 is 2.70 bits per heavy atom. The standard InChI is InChI=1S/C23H23ClF3NO5/c1-22(5-6-22)33-7-4-18(21(30)31)28-11-19-17(10-20(28)29)16-9-15(24)3-2-13(16)8-14(12-32-19)23(25,26)27/h2-3,9-11,14,18H,4-8,12H2,1H3,(H,30,31). The fraction of sp³-hybridized carbons (Fsp3) is 0.478. The van der Waals surface area contributed by atoms with Gasteiger partial charge in [0.05, 0.1) is 17.7 Å². The average Bonchev–Trinajstić information content (AvgIpc) is 3.45. The summed E-state index contributed by atoms with van der Waals surface area (Å²) in [6.45, 7) is 1.40. The van der Waals surface area contributed by atoms with Gasteiger partial charge in [-0.3, -0.25) is 9.36 Å². The highest BCUT2D eigenvalue weighted by atomic mass is 35.5. The van der Waals surface area contributed by atoms with Gasteiger partial charge in [0.2, 0.25) is 0 Å². The number of aromatic nitrogens is 1. The van der Waals surface area contributed by atoms with Crippen molar-refractivity contribution in [3.05, 3.63) is 51.4 Å². The molecule has 1 aliphatic carbocycles. The van der Waals surface area contributed by atoms with Crippen molar-refractivity contribution < 1.29 is 32.5 Å². The Balaban J connectivity index is 1.74. The molecule has 6 nitrogen and oxygen atoms in total. The van der Waals surface area contributed by atoms with Crippen LogP contribution in [0.5, 0.6) is 5.75 Å². The Morgan fingerprint density at radius 1 is 1.33 bits per heavy atom. The van der Waals surface area contributed by atoms with Crippen molar-refractivity contribution in [1.82, 2.24) is 4.57 Å². The van der Waals surface area contributed by atoms with E-state index in [2.05, 4.69) is 0 Å². The highest BCUT2D eigenvalue weighted by Gasteiger charge is 2.42. The Morgan fingerprint density at radius 2 is 2.06 bits per heavy atom. The number of carboxylic acids is 1. The first-order valence-corrected chi connectivity index (χ1v) is 11.0. The van der Waals surface area contributed by atoms with Crippen LogP contribution in [-0.2, 0) is 16.0 Å². The number of rotatable bonds is 6. The third-order valence-corrected chi connectivity index (χ3v) is 6.43. The molecule has 1 fully saturated rings. The summed E-state index contributed by atoms with van der Waals surface area (Å²) >= 11 is 6.09. The van der Waals surface area contributed by atoms with Crippen LogP contribution < -0.4 is 10.3 Å². The summed E-state index contributed by atoms with van der Waals surface area (Å²) in [6.07, 6.45) is -1.84. The summed E-state index contributed by atoms with van der Waals surface area (Å²) in [5, 5.41) is 10.0. The maximum absolute atomic E-state index is 13.6. The van der Waals surface area contributed by atoms with Crippen LogP contribution in [-0.4, -0.2) is 40.6 Å². The number of halogens is 4. The Bertz CT molecular complexity index is 1130. The van der Waals surface area contributed by atoms with Crippen molar-refractivity contribution in [2.45, 2.75) is 50.4 Å². The minimum absolute atomic E-state index is 0.00612. The van der Waals surface area contributed by atoms with Crippen LogP contribution in [0.15, 0.2) is 35.3 Å². The van der Waals surface area contributed by atoms with Crippen molar-refractivity contribution >= 4 is 17.6 Å². The van der Waals surface area contributed by atoms with Crippen LogP contribution in [0.1, 0.15) is 37.8 Å². The molecular formula is C23H23ClF3NO5. The summed E-state index contributed by atoms with van der Waals surface area (Å²) in [5.41, 5.74) is 0.150. The summed E-state index contributed by atoms with van der Waals surface area (Å²) in [6, 6.07) is 4.43. The predicted molar refractivity (Wildman–Crippen MR) is 115 cm³/mol. The van der Waals surface area contributed by atoms with Gasteiger partial charge in [-0.25, -0.2) is 4.79 Å². The number of hydrogen-bond acceptors (Lipinski definition) is 4. The number of carbonyl (C=O) groups is 1. The molecule has 2 aromatic rings. The van der Waals surface area contributed by atoms with E-state index in [1.165, 1.54) is 30.5 Å². The Hall–Kier alpha value is -2.52. The number of pyridine rings is 1. The van der Waals surface area contributed by atoms with E-state index in [4.69, 9.17) is 21.1 Å². The maximum atomic E-state index is 13.6. The molecule has 2 heterocycles. The first kappa shape index (κ1) is 23.6. The molecule has 1 aliphatic heterocycles. The van der Waals surface area contributed by atoms with Crippen LogP contribution >= 0.6 is 11.6 Å². The van der Waals surface area contributed by atoms with Gasteiger partial charge >= 0.3 is 12.1 Å². The first-order chi connectivity index (χ1) is 15.5. The number of hydrogen-bond donors (Lipinski definition) is 1. The van der Waals surface area contributed by atoms with E-state index in [0.29, 0.717) is 16.1 Å². The summed E-state index contributed by atoms with van der Waals surface area (Å²) < 4.78 is 52.9. The van der Waals surface area contributed by atoms with E-state index in [9.17, 15) is 27.9 Å². The highest BCUT2D eigenvalue weighted by Crippen LogP contribution is 2.41. The minimum Gasteiger partial charge on any atom is -0.491 e. The fourth-order valence-electron chi connectivity index (χ4n) is 3.92. The van der Waals surface area contributed by atoms with E-state index in [0.717, 1.165) is 17.4 Å². The van der Waals surface area contributed by atoms with Gasteiger partial charge in [-0.1, -0.05) is 17.7 Å². The SMILES string of the molecule is CC1(OCCC(C(=O)O)n2cc3c(cc2=O)-c2cc(Cl)ccc2CC(C(F)(F)F)CO3)CC1. The van der Waals surface area contributed by atoms with Crippen LogP contribution in [0.3, 0.4) is 0 Å². The molecule has 0 saturated heterocycles. The van der Waals surface area contributed by atoms with Gasteiger partial charge < -0.3 is 14.6 Å². The first-order valence-electron chi connectivity index (χ1n) is 10.6. The zero-order valence-electron chi connectivity index (χ0n) is 17.8. The molecule has 178 valence electrons. The molecule has 2 atom stereocenters. The lowest BCUT2D eigenvalue weighted by molar-refractivity contribution is -0.181. The van der Waals surface area contributed by atoms with E-state index in [-0.39, 0.29) is 36.4 Å². The molecular weight excluding hydrogens is 463 g/mol. The average molecular weight is 486 g/mol. The van der Waals surface area contributed by atoms with Crippen molar-refractivity contribution in [2.24, 2.45) is 5.92 Å². The van der Waals surface area contributed by atoms with Crippen LogP contribution in [0.4, 0.5) is 13.2 Å². The van der Waals surface area contributed by atoms with Gasteiger partial charge in [0, 0.05) is 29.7 Å². The number of ether oxygens (including phenoxy) is 2. The minimum atomic E-state index is -4.50. The molecule has 2 aliphatic rings. The molecule has 33 heavy (non-hydrogen) atoms. The lowest BCUT2D eigenvalue weighted by atomic mass is 9.91. The number of nitrogens with zero attached hydrogens (tertiary/aromatic N) is 1. The van der Waals surface area contributed by atoms with Crippen molar-refractivity contribution in [2.75, 3.05) is 13.2 Å². The largest absolute Gasteiger partial charge is 0.491 e. The second-order valence-corrected chi connectivity index (χ2v) is 9.23.